The van der Waals surface area contributed by atoms with Gasteiger partial charge in [-0.1, -0.05) is 0 Å². The predicted molar refractivity (Wildman–Crippen MR) is 112 cm³/mol. The summed E-state index contributed by atoms with van der Waals surface area (Å²) in [6, 6.07) is -4.53. The summed E-state index contributed by atoms with van der Waals surface area (Å²) in [5, 5.41) is 33.3. The molecule has 0 bridgehead atoms. The quantitative estimate of drug-likeness (QED) is 0.0584. The fraction of sp³-hybridized carbons (Fsp3) is 0.588. The second-order valence-electron chi connectivity index (χ2n) is 6.76. The molecule has 3 unspecified atom stereocenters. The van der Waals surface area contributed by atoms with Gasteiger partial charge in [0, 0.05) is 13.0 Å². The van der Waals surface area contributed by atoms with Crippen molar-refractivity contribution in [2.24, 2.45) is 22.2 Å². The van der Waals surface area contributed by atoms with Gasteiger partial charge < -0.3 is 48.5 Å². The van der Waals surface area contributed by atoms with Crippen LogP contribution in [0.15, 0.2) is 4.99 Å². The molecule has 12 N–H and O–H groups in total. The number of carboxylic acids is 3. The zero-order valence-electron chi connectivity index (χ0n) is 17.7. The van der Waals surface area contributed by atoms with Crippen LogP contribution in [0.2, 0.25) is 0 Å². The molecule has 33 heavy (non-hydrogen) atoms. The van der Waals surface area contributed by atoms with Gasteiger partial charge in [0.25, 0.3) is 0 Å². The maximum atomic E-state index is 12.7. The highest BCUT2D eigenvalue weighted by Crippen LogP contribution is 2.05. The van der Waals surface area contributed by atoms with E-state index in [9.17, 15) is 28.8 Å². The van der Waals surface area contributed by atoms with E-state index < -0.39 is 79.6 Å². The summed E-state index contributed by atoms with van der Waals surface area (Å²) in [6.07, 6.45) is -1.68. The normalized spacial score (nSPS) is 13.0. The molecule has 0 spiro atoms. The Morgan fingerprint density at radius 3 is 1.79 bits per heavy atom. The van der Waals surface area contributed by atoms with Crippen molar-refractivity contribution in [3.63, 3.8) is 0 Å². The minimum absolute atomic E-state index is 0.0262. The second-order valence-corrected chi connectivity index (χ2v) is 6.76. The minimum Gasteiger partial charge on any atom is -0.481 e. The molecule has 16 heteroatoms. The summed E-state index contributed by atoms with van der Waals surface area (Å²) in [5.41, 5.74) is 15.7. The molecule has 3 amide bonds. The van der Waals surface area contributed by atoms with Gasteiger partial charge in [0.15, 0.2) is 5.96 Å². The number of nitrogens with zero attached hydrogens (tertiary/aromatic N) is 1. The van der Waals surface area contributed by atoms with Crippen molar-refractivity contribution in [2.45, 2.75) is 50.2 Å². The molecule has 0 radical (unpaired) electrons. The lowest BCUT2D eigenvalue weighted by molar-refractivity contribution is -0.147. The van der Waals surface area contributed by atoms with Gasteiger partial charge in [-0.3, -0.25) is 29.0 Å². The fourth-order valence-electron chi connectivity index (χ4n) is 2.48. The number of aliphatic carboxylic acids is 3. The number of carbonyl (C=O) groups excluding carboxylic acids is 3. The topological polar surface area (TPSA) is 290 Å². The van der Waals surface area contributed by atoms with E-state index in [1.54, 1.807) is 0 Å². The standard InChI is InChI=1S/C17H29N7O9/c18-7-11(25)22-8(2-1-5-21-17(19)20)14(30)23-9(3-4-12(26)27)15(31)24-10(16(32)33)6-13(28)29/h8-10H,1-7,18H2,(H,22,25)(H,23,30)(H,24,31)(H,26,27)(H,28,29)(H,32,33)(H4,19,20,21). The van der Waals surface area contributed by atoms with Crippen molar-refractivity contribution in [1.82, 2.24) is 16.0 Å². The third-order valence-electron chi connectivity index (χ3n) is 4.06. The number of nitrogens with two attached hydrogens (primary N) is 3. The highest BCUT2D eigenvalue weighted by molar-refractivity contribution is 5.94. The Bertz CT molecular complexity index is 768. The molecule has 0 aliphatic carbocycles. The molecule has 0 aliphatic heterocycles. The molecule has 0 fully saturated rings. The lowest BCUT2D eigenvalue weighted by atomic mass is 10.1. The molecule has 0 aliphatic rings. The van der Waals surface area contributed by atoms with Crippen LogP contribution in [0.1, 0.15) is 32.1 Å². The van der Waals surface area contributed by atoms with Crippen LogP contribution in [0.4, 0.5) is 0 Å². The molecule has 0 saturated heterocycles. The molecule has 3 atom stereocenters. The lowest BCUT2D eigenvalue weighted by Crippen LogP contribution is -2.56. The van der Waals surface area contributed by atoms with E-state index in [1.165, 1.54) is 0 Å². The predicted octanol–water partition coefficient (Wildman–Crippen LogP) is -4.12. The Morgan fingerprint density at radius 2 is 1.33 bits per heavy atom. The Hall–Kier alpha value is -3.95. The largest absolute Gasteiger partial charge is 0.481 e. The molecule has 16 nitrogen and oxygen atoms in total. The van der Waals surface area contributed by atoms with E-state index >= 15 is 0 Å². The van der Waals surface area contributed by atoms with Gasteiger partial charge >= 0.3 is 17.9 Å². The smallest absolute Gasteiger partial charge is 0.326 e. The maximum absolute atomic E-state index is 12.7. The number of nitrogens with one attached hydrogen (secondary N) is 3. The Morgan fingerprint density at radius 1 is 0.788 bits per heavy atom. The third kappa shape index (κ3) is 13.1. The number of hydrogen-bond acceptors (Lipinski definition) is 8. The van der Waals surface area contributed by atoms with E-state index in [-0.39, 0.29) is 25.3 Å². The van der Waals surface area contributed by atoms with Gasteiger partial charge in [-0.25, -0.2) is 4.79 Å². The summed E-state index contributed by atoms with van der Waals surface area (Å²) < 4.78 is 0. The second kappa shape index (κ2) is 15.0. The van der Waals surface area contributed by atoms with Gasteiger partial charge in [0.2, 0.25) is 17.7 Å². The van der Waals surface area contributed by atoms with Crippen molar-refractivity contribution >= 4 is 41.6 Å². The number of carbonyl (C=O) groups is 6. The summed E-state index contributed by atoms with van der Waals surface area (Å²) in [7, 11) is 0. The van der Waals surface area contributed by atoms with E-state index in [2.05, 4.69) is 15.6 Å². The number of aliphatic imine (C=N–C) groups is 1. The molecule has 0 heterocycles. The fourth-order valence-corrected chi connectivity index (χ4v) is 2.48. The van der Waals surface area contributed by atoms with Crippen molar-refractivity contribution in [3.8, 4) is 0 Å². The van der Waals surface area contributed by atoms with Crippen LogP contribution < -0.4 is 33.2 Å². The van der Waals surface area contributed by atoms with Crippen LogP contribution in [-0.4, -0.2) is 88.1 Å². The number of amides is 3. The van der Waals surface area contributed by atoms with Crippen LogP contribution in [0.25, 0.3) is 0 Å². The zero-order valence-corrected chi connectivity index (χ0v) is 17.7. The minimum atomic E-state index is -1.81. The van der Waals surface area contributed by atoms with Crippen LogP contribution in [0.3, 0.4) is 0 Å². The third-order valence-corrected chi connectivity index (χ3v) is 4.06. The van der Waals surface area contributed by atoms with Gasteiger partial charge in [0.05, 0.1) is 13.0 Å². The zero-order chi connectivity index (χ0) is 25.6. The summed E-state index contributed by atoms with van der Waals surface area (Å²) in [6.45, 7) is -0.306. The Kier molecular flexibility index (Phi) is 13.2. The monoisotopic (exact) mass is 475 g/mol. The maximum Gasteiger partial charge on any atom is 0.326 e. The SMILES string of the molecule is NCC(=O)NC(CCCN=C(N)N)C(=O)NC(CCC(=O)O)C(=O)NC(CC(=O)O)C(=O)O. The highest BCUT2D eigenvalue weighted by Gasteiger charge is 2.30. The van der Waals surface area contributed by atoms with E-state index in [0.717, 1.165) is 0 Å². The first kappa shape index (κ1) is 29.0. The van der Waals surface area contributed by atoms with Crippen LogP contribution in [-0.2, 0) is 28.8 Å². The van der Waals surface area contributed by atoms with E-state index in [1.807, 2.05) is 5.32 Å². The van der Waals surface area contributed by atoms with E-state index in [0.29, 0.717) is 0 Å². The summed E-state index contributed by atoms with van der Waals surface area (Å²) in [5.74, 6) is -7.29. The van der Waals surface area contributed by atoms with Gasteiger partial charge in [0.1, 0.15) is 18.1 Å². The molecule has 0 saturated carbocycles. The molecule has 0 rings (SSSR count). The molecule has 0 aromatic heterocycles. The number of rotatable bonds is 16. The van der Waals surface area contributed by atoms with Crippen molar-refractivity contribution in [1.29, 1.82) is 0 Å². The average Bonchev–Trinajstić information content (AvgIpc) is 2.71. The number of guanidine groups is 1. The molecular formula is C17H29N7O9. The molecular weight excluding hydrogens is 446 g/mol. The van der Waals surface area contributed by atoms with Gasteiger partial charge in [-0.2, -0.15) is 0 Å². The van der Waals surface area contributed by atoms with E-state index in [4.69, 9.17) is 32.5 Å². The summed E-state index contributed by atoms with van der Waals surface area (Å²) >= 11 is 0. The summed E-state index contributed by atoms with van der Waals surface area (Å²) in [4.78, 5) is 73.5. The molecule has 0 aromatic rings. The van der Waals surface area contributed by atoms with Crippen LogP contribution in [0, 0.1) is 0 Å². The molecule has 186 valence electrons. The number of carboxylic acid groups (broad SMARTS) is 3. The lowest BCUT2D eigenvalue weighted by Gasteiger charge is -2.24. The van der Waals surface area contributed by atoms with Crippen molar-refractivity contribution in [3.05, 3.63) is 0 Å². The van der Waals surface area contributed by atoms with Crippen LogP contribution >= 0.6 is 0 Å². The molecule has 0 aromatic carbocycles. The first-order chi connectivity index (χ1) is 15.4. The number of hydrogen-bond donors (Lipinski definition) is 9. The van der Waals surface area contributed by atoms with Gasteiger partial charge in [-0.15, -0.1) is 0 Å². The van der Waals surface area contributed by atoms with Crippen molar-refractivity contribution < 1.29 is 44.1 Å². The highest BCUT2D eigenvalue weighted by atomic mass is 16.4. The average molecular weight is 475 g/mol. The Balaban J connectivity index is 5.47. The first-order valence-corrected chi connectivity index (χ1v) is 9.69. The van der Waals surface area contributed by atoms with Gasteiger partial charge in [-0.05, 0) is 19.3 Å². The van der Waals surface area contributed by atoms with Crippen molar-refractivity contribution in [2.75, 3.05) is 13.1 Å². The van der Waals surface area contributed by atoms with Crippen LogP contribution in [0.5, 0.6) is 0 Å². The first-order valence-electron chi connectivity index (χ1n) is 9.69. The Labute approximate surface area is 187 Å².